The van der Waals surface area contributed by atoms with Crippen LogP contribution in [0.2, 0.25) is 0 Å². The number of ether oxygens (including phenoxy) is 1. The zero-order valence-corrected chi connectivity index (χ0v) is 18.5. The van der Waals surface area contributed by atoms with Gasteiger partial charge in [0.1, 0.15) is 17.3 Å². The fourth-order valence-electron chi connectivity index (χ4n) is 4.40. The minimum Gasteiger partial charge on any atom is -0.507 e. The smallest absolute Gasteiger partial charge is 0.295 e. The molecule has 7 nitrogen and oxygen atoms in total. The molecular weight excluding hydrogens is 427 g/mol. The monoisotopic (exact) mass is 454 g/mol. The fourth-order valence-corrected chi connectivity index (χ4v) is 4.40. The molecule has 0 saturated carbocycles. The largest absolute Gasteiger partial charge is 0.507 e. The second kappa shape index (κ2) is 9.72. The van der Waals surface area contributed by atoms with Crippen molar-refractivity contribution in [3.63, 3.8) is 0 Å². The average molecular weight is 454 g/mol. The number of carbonyl (C=O) groups is 2. The Bertz CT molecular complexity index is 1090. The molecule has 8 heteroatoms. The van der Waals surface area contributed by atoms with Gasteiger partial charge in [-0.1, -0.05) is 29.8 Å². The SMILES string of the molecule is Cc1ccc(O)c(C(O)=C2C(=O)C(=O)N(CCCN3CCOCC3)[C@H]2c2ccccc2F)c1. The number of morpholine rings is 1. The molecule has 2 fully saturated rings. The first-order valence-electron chi connectivity index (χ1n) is 11.0. The predicted octanol–water partition coefficient (Wildman–Crippen LogP) is 2.98. The summed E-state index contributed by atoms with van der Waals surface area (Å²) in [5, 5.41) is 21.3. The van der Waals surface area contributed by atoms with E-state index in [0.29, 0.717) is 26.2 Å². The van der Waals surface area contributed by atoms with Gasteiger partial charge >= 0.3 is 0 Å². The van der Waals surface area contributed by atoms with E-state index < -0.39 is 29.3 Å². The normalized spacial score (nSPS) is 21.0. The number of aliphatic hydroxyl groups excluding tert-OH is 1. The summed E-state index contributed by atoms with van der Waals surface area (Å²) in [6.45, 7) is 5.59. The lowest BCUT2D eigenvalue weighted by Gasteiger charge is -2.29. The Morgan fingerprint density at radius 1 is 1.12 bits per heavy atom. The number of aryl methyl sites for hydroxylation is 1. The van der Waals surface area contributed by atoms with E-state index >= 15 is 0 Å². The van der Waals surface area contributed by atoms with Crippen molar-refractivity contribution < 1.29 is 28.9 Å². The van der Waals surface area contributed by atoms with Crippen molar-refractivity contribution in [2.24, 2.45) is 0 Å². The van der Waals surface area contributed by atoms with Gasteiger partial charge in [-0.15, -0.1) is 0 Å². The third-order valence-electron chi connectivity index (χ3n) is 6.12. The quantitative estimate of drug-likeness (QED) is 0.396. The number of ketones is 1. The zero-order valence-electron chi connectivity index (χ0n) is 18.5. The lowest BCUT2D eigenvalue weighted by Crippen LogP contribution is -2.39. The summed E-state index contributed by atoms with van der Waals surface area (Å²) >= 11 is 0. The number of benzene rings is 2. The van der Waals surface area contributed by atoms with Crippen molar-refractivity contribution in [1.29, 1.82) is 0 Å². The number of phenolic OH excluding ortho intramolecular Hbond substituents is 1. The molecule has 0 bridgehead atoms. The second-order valence-corrected chi connectivity index (χ2v) is 8.34. The Kier molecular flexibility index (Phi) is 6.76. The highest BCUT2D eigenvalue weighted by atomic mass is 19.1. The van der Waals surface area contributed by atoms with E-state index in [0.717, 1.165) is 18.7 Å². The molecule has 2 N–H and O–H groups in total. The van der Waals surface area contributed by atoms with Gasteiger partial charge in [0.25, 0.3) is 11.7 Å². The summed E-state index contributed by atoms with van der Waals surface area (Å²) < 4.78 is 20.2. The number of Topliss-reactive ketones (excluding diaryl/α,β-unsaturated/α-hetero) is 1. The summed E-state index contributed by atoms with van der Waals surface area (Å²) in [6, 6.07) is 9.40. The molecular formula is C25H27FN2O5. The molecule has 174 valence electrons. The Balaban J connectivity index is 1.72. The van der Waals surface area contributed by atoms with Crippen molar-refractivity contribution in [2.45, 2.75) is 19.4 Å². The van der Waals surface area contributed by atoms with Crippen LogP contribution < -0.4 is 0 Å². The molecule has 0 radical (unpaired) electrons. The van der Waals surface area contributed by atoms with E-state index in [1.807, 2.05) is 0 Å². The van der Waals surface area contributed by atoms with Gasteiger partial charge in [-0.05, 0) is 31.5 Å². The maximum absolute atomic E-state index is 14.8. The van der Waals surface area contributed by atoms with E-state index in [2.05, 4.69) is 4.90 Å². The first-order chi connectivity index (χ1) is 15.9. The van der Waals surface area contributed by atoms with Crippen LogP contribution in [0.15, 0.2) is 48.0 Å². The number of aromatic hydroxyl groups is 1. The van der Waals surface area contributed by atoms with Crippen molar-refractivity contribution in [3.8, 4) is 5.75 Å². The maximum atomic E-state index is 14.8. The van der Waals surface area contributed by atoms with E-state index in [9.17, 15) is 24.2 Å². The van der Waals surface area contributed by atoms with Gasteiger partial charge in [-0.25, -0.2) is 4.39 Å². The first-order valence-corrected chi connectivity index (χ1v) is 11.0. The van der Waals surface area contributed by atoms with Gasteiger partial charge in [0, 0.05) is 31.7 Å². The van der Waals surface area contributed by atoms with Gasteiger partial charge in [0.2, 0.25) is 0 Å². The summed E-state index contributed by atoms with van der Waals surface area (Å²) in [5.74, 6) is -3.02. The molecule has 2 aliphatic heterocycles. The highest BCUT2D eigenvalue weighted by Crippen LogP contribution is 2.41. The molecule has 1 atom stereocenters. The molecule has 0 aliphatic carbocycles. The van der Waals surface area contributed by atoms with Crippen LogP contribution in [0.1, 0.15) is 29.2 Å². The van der Waals surface area contributed by atoms with E-state index in [1.54, 1.807) is 19.1 Å². The standard InChI is InChI=1S/C25H27FN2O5/c1-16-7-8-20(29)18(15-16)23(30)21-22(17-5-2-3-6-19(17)26)28(25(32)24(21)31)10-4-9-27-11-13-33-14-12-27/h2-3,5-8,15,22,29-30H,4,9-14H2,1H3/t22-/m0/s1. The number of hydrogen-bond acceptors (Lipinski definition) is 6. The summed E-state index contributed by atoms with van der Waals surface area (Å²) in [4.78, 5) is 29.6. The fraction of sp³-hybridized carbons (Fsp3) is 0.360. The van der Waals surface area contributed by atoms with Gasteiger partial charge in [0.15, 0.2) is 0 Å². The molecule has 0 unspecified atom stereocenters. The molecule has 4 rings (SSSR count). The number of aliphatic hydroxyl groups is 1. The second-order valence-electron chi connectivity index (χ2n) is 8.34. The van der Waals surface area contributed by atoms with Crippen LogP contribution in [0.4, 0.5) is 4.39 Å². The van der Waals surface area contributed by atoms with Crippen molar-refractivity contribution in [1.82, 2.24) is 9.80 Å². The van der Waals surface area contributed by atoms with Crippen LogP contribution >= 0.6 is 0 Å². The molecule has 0 spiro atoms. The Hall–Kier alpha value is -3.23. The van der Waals surface area contributed by atoms with Gasteiger partial charge < -0.3 is 19.8 Å². The summed E-state index contributed by atoms with van der Waals surface area (Å²) in [6.07, 6.45) is 0.577. The number of halogens is 1. The van der Waals surface area contributed by atoms with Crippen LogP contribution in [0.3, 0.4) is 0 Å². The van der Waals surface area contributed by atoms with Crippen LogP contribution in [0.5, 0.6) is 5.75 Å². The first kappa shape index (κ1) is 22.9. The van der Waals surface area contributed by atoms with Crippen LogP contribution in [-0.2, 0) is 14.3 Å². The molecule has 2 aromatic rings. The Labute approximate surface area is 191 Å². The highest BCUT2D eigenvalue weighted by Gasteiger charge is 2.47. The highest BCUT2D eigenvalue weighted by molar-refractivity contribution is 6.46. The topological polar surface area (TPSA) is 90.3 Å². The van der Waals surface area contributed by atoms with E-state index in [1.165, 1.54) is 35.2 Å². The van der Waals surface area contributed by atoms with E-state index in [4.69, 9.17) is 4.74 Å². The zero-order chi connectivity index (χ0) is 23.5. The number of hydrogen-bond donors (Lipinski definition) is 2. The number of amides is 1. The average Bonchev–Trinajstić information content (AvgIpc) is 3.06. The molecule has 2 saturated heterocycles. The van der Waals surface area contributed by atoms with Gasteiger partial charge in [-0.3, -0.25) is 14.5 Å². The number of likely N-dealkylation sites (tertiary alicyclic amines) is 1. The summed E-state index contributed by atoms with van der Waals surface area (Å²) in [5.41, 5.74) is 0.674. The molecule has 2 aromatic carbocycles. The van der Waals surface area contributed by atoms with Crippen LogP contribution in [0.25, 0.3) is 5.76 Å². The number of carbonyl (C=O) groups excluding carboxylic acids is 2. The molecule has 0 aromatic heterocycles. The Morgan fingerprint density at radius 2 is 1.85 bits per heavy atom. The number of rotatable bonds is 6. The van der Waals surface area contributed by atoms with Gasteiger partial charge in [0.05, 0.1) is 30.4 Å². The molecule has 1 amide bonds. The van der Waals surface area contributed by atoms with Crippen molar-refractivity contribution >= 4 is 17.4 Å². The minimum absolute atomic E-state index is 0.0302. The maximum Gasteiger partial charge on any atom is 0.295 e. The lowest BCUT2D eigenvalue weighted by atomic mass is 9.94. The predicted molar refractivity (Wildman–Crippen MR) is 120 cm³/mol. The molecule has 33 heavy (non-hydrogen) atoms. The van der Waals surface area contributed by atoms with Gasteiger partial charge in [-0.2, -0.15) is 0 Å². The third-order valence-corrected chi connectivity index (χ3v) is 6.12. The lowest BCUT2D eigenvalue weighted by molar-refractivity contribution is -0.140. The van der Waals surface area contributed by atoms with E-state index in [-0.39, 0.29) is 29.0 Å². The third kappa shape index (κ3) is 4.62. The Morgan fingerprint density at radius 3 is 2.58 bits per heavy atom. The van der Waals surface area contributed by atoms with Crippen molar-refractivity contribution in [2.75, 3.05) is 39.4 Å². The number of nitrogens with zero attached hydrogens (tertiary/aromatic N) is 2. The molecule has 2 heterocycles. The molecule has 2 aliphatic rings. The summed E-state index contributed by atoms with van der Waals surface area (Å²) in [7, 11) is 0. The van der Waals surface area contributed by atoms with Crippen LogP contribution in [-0.4, -0.2) is 71.1 Å². The number of phenols is 1. The van der Waals surface area contributed by atoms with Crippen molar-refractivity contribution in [3.05, 3.63) is 70.5 Å². The van der Waals surface area contributed by atoms with Crippen LogP contribution in [0, 0.1) is 12.7 Å². The minimum atomic E-state index is -1.09.